The van der Waals surface area contributed by atoms with Gasteiger partial charge in [-0.1, -0.05) is 0 Å². The molecule has 0 atom stereocenters. The van der Waals surface area contributed by atoms with Crippen molar-refractivity contribution in [1.29, 1.82) is 0 Å². The molecule has 0 aliphatic carbocycles. The first kappa shape index (κ1) is 14.1. The molecule has 106 valence electrons. The third kappa shape index (κ3) is 2.99. The minimum absolute atomic E-state index is 0.0761. The van der Waals surface area contributed by atoms with Crippen LogP contribution in [0.4, 0.5) is 0 Å². The predicted octanol–water partition coefficient (Wildman–Crippen LogP) is 1.96. The van der Waals surface area contributed by atoms with Gasteiger partial charge in [0.05, 0.1) is 13.2 Å². The first-order chi connectivity index (χ1) is 9.51. The summed E-state index contributed by atoms with van der Waals surface area (Å²) in [6.07, 6.45) is 1.66. The molecule has 2 aromatic rings. The van der Waals surface area contributed by atoms with Gasteiger partial charge in [0, 0.05) is 11.6 Å². The van der Waals surface area contributed by atoms with Crippen molar-refractivity contribution in [1.82, 2.24) is 4.57 Å². The first-order valence-corrected chi connectivity index (χ1v) is 6.38. The van der Waals surface area contributed by atoms with Crippen LogP contribution in [-0.4, -0.2) is 23.8 Å². The molecular weight excluding hydrogens is 258 g/mol. The summed E-state index contributed by atoms with van der Waals surface area (Å²) in [6.45, 7) is 3.80. The van der Waals surface area contributed by atoms with E-state index in [1.807, 2.05) is 19.9 Å². The lowest BCUT2D eigenvalue weighted by Gasteiger charge is -2.11. The molecule has 0 saturated carbocycles. The molecule has 1 aromatic heterocycles. The van der Waals surface area contributed by atoms with Crippen molar-refractivity contribution < 1.29 is 14.3 Å². The summed E-state index contributed by atoms with van der Waals surface area (Å²) < 4.78 is 11.5. The largest absolute Gasteiger partial charge is 0.491 e. The Morgan fingerprint density at radius 2 is 2.05 bits per heavy atom. The second-order valence-electron chi connectivity index (χ2n) is 4.74. The zero-order chi connectivity index (χ0) is 14.7. The smallest absolute Gasteiger partial charge is 0.325 e. The number of fused-ring (bicyclic) bond motifs is 1. The van der Waals surface area contributed by atoms with Crippen molar-refractivity contribution in [3.05, 3.63) is 40.8 Å². The van der Waals surface area contributed by atoms with Gasteiger partial charge in [0.2, 0.25) is 0 Å². The molecule has 0 radical (unpaired) electrons. The molecule has 5 heteroatoms. The molecule has 0 saturated heterocycles. The number of hydrogen-bond donors (Lipinski definition) is 0. The number of pyridine rings is 1. The maximum atomic E-state index is 12.2. The third-order valence-electron chi connectivity index (χ3n) is 2.85. The summed E-state index contributed by atoms with van der Waals surface area (Å²) in [5, 5.41) is 1.33. The molecule has 0 bridgehead atoms. The predicted molar refractivity (Wildman–Crippen MR) is 76.0 cm³/mol. The number of carbonyl (C=O) groups excluding carboxylic acids is 1. The van der Waals surface area contributed by atoms with Crippen molar-refractivity contribution >= 4 is 16.7 Å². The van der Waals surface area contributed by atoms with Gasteiger partial charge in [0.25, 0.3) is 5.56 Å². The molecule has 0 amide bonds. The molecule has 0 unspecified atom stereocenters. The summed E-state index contributed by atoms with van der Waals surface area (Å²) in [5.41, 5.74) is -0.219. The van der Waals surface area contributed by atoms with E-state index in [1.165, 1.54) is 11.7 Å². The molecule has 20 heavy (non-hydrogen) atoms. The summed E-state index contributed by atoms with van der Waals surface area (Å²) in [4.78, 5) is 23.5. The van der Waals surface area contributed by atoms with E-state index in [2.05, 4.69) is 4.74 Å². The van der Waals surface area contributed by atoms with Crippen LogP contribution < -0.4 is 10.3 Å². The summed E-state index contributed by atoms with van der Waals surface area (Å²) >= 11 is 0. The highest BCUT2D eigenvalue weighted by Crippen LogP contribution is 2.19. The summed E-state index contributed by atoms with van der Waals surface area (Å²) in [6, 6.07) is 7.07. The van der Waals surface area contributed by atoms with Crippen LogP contribution in [0.2, 0.25) is 0 Å². The molecule has 5 nitrogen and oxygen atoms in total. The Labute approximate surface area is 116 Å². The Balaban J connectivity index is 2.42. The molecule has 1 aromatic carbocycles. The van der Waals surface area contributed by atoms with E-state index in [9.17, 15) is 9.59 Å². The van der Waals surface area contributed by atoms with Crippen molar-refractivity contribution in [2.75, 3.05) is 7.11 Å². The minimum Gasteiger partial charge on any atom is -0.491 e. The van der Waals surface area contributed by atoms with Crippen molar-refractivity contribution in [3.63, 3.8) is 0 Å². The van der Waals surface area contributed by atoms with Crippen LogP contribution in [0.25, 0.3) is 10.8 Å². The van der Waals surface area contributed by atoms with Gasteiger partial charge in [-0.15, -0.1) is 0 Å². The SMILES string of the molecule is COC(=O)Cn1ccc2cc(OC(C)C)ccc2c1=O. The Hall–Kier alpha value is -2.30. The molecular formula is C15H17NO4. The number of benzene rings is 1. The lowest BCUT2D eigenvalue weighted by atomic mass is 10.1. The molecule has 2 rings (SSSR count). The number of aromatic nitrogens is 1. The van der Waals surface area contributed by atoms with Gasteiger partial charge in [-0.2, -0.15) is 0 Å². The highest BCUT2D eigenvalue weighted by atomic mass is 16.5. The zero-order valence-corrected chi connectivity index (χ0v) is 11.8. The van der Waals surface area contributed by atoms with E-state index in [1.54, 1.807) is 24.4 Å². The van der Waals surface area contributed by atoms with E-state index in [4.69, 9.17) is 4.74 Å². The maximum absolute atomic E-state index is 12.2. The third-order valence-corrected chi connectivity index (χ3v) is 2.85. The lowest BCUT2D eigenvalue weighted by molar-refractivity contribution is -0.141. The monoisotopic (exact) mass is 275 g/mol. The first-order valence-electron chi connectivity index (χ1n) is 6.38. The Kier molecular flexibility index (Phi) is 4.08. The van der Waals surface area contributed by atoms with Gasteiger partial charge < -0.3 is 14.0 Å². The fraction of sp³-hybridized carbons (Fsp3) is 0.333. The lowest BCUT2D eigenvalue weighted by Crippen LogP contribution is -2.24. The van der Waals surface area contributed by atoms with Crippen LogP contribution >= 0.6 is 0 Å². The molecule has 0 spiro atoms. The average Bonchev–Trinajstić information content (AvgIpc) is 2.41. The normalized spacial score (nSPS) is 10.8. The molecule has 0 aliphatic rings. The van der Waals surface area contributed by atoms with Crippen LogP contribution in [0.1, 0.15) is 13.8 Å². The van der Waals surface area contributed by atoms with Crippen molar-refractivity contribution in [3.8, 4) is 5.75 Å². The number of nitrogens with zero attached hydrogens (tertiary/aromatic N) is 1. The van der Waals surface area contributed by atoms with Gasteiger partial charge in [0.15, 0.2) is 0 Å². The fourth-order valence-corrected chi connectivity index (χ4v) is 1.94. The second kappa shape index (κ2) is 5.77. The number of hydrogen-bond acceptors (Lipinski definition) is 4. The van der Waals surface area contributed by atoms with E-state index in [0.717, 1.165) is 11.1 Å². The van der Waals surface area contributed by atoms with E-state index >= 15 is 0 Å². The van der Waals surface area contributed by atoms with Gasteiger partial charge >= 0.3 is 5.97 Å². The van der Waals surface area contributed by atoms with Crippen LogP contribution in [0.5, 0.6) is 5.75 Å². The fourth-order valence-electron chi connectivity index (χ4n) is 1.94. The van der Waals surface area contributed by atoms with Gasteiger partial charge in [-0.3, -0.25) is 9.59 Å². The number of rotatable bonds is 4. The maximum Gasteiger partial charge on any atom is 0.325 e. The average molecular weight is 275 g/mol. The zero-order valence-electron chi connectivity index (χ0n) is 11.8. The Morgan fingerprint density at radius 1 is 1.30 bits per heavy atom. The highest BCUT2D eigenvalue weighted by molar-refractivity contribution is 5.83. The minimum atomic E-state index is -0.453. The van der Waals surface area contributed by atoms with Crippen LogP contribution in [0.15, 0.2) is 35.3 Å². The molecule has 0 N–H and O–H groups in total. The number of carbonyl (C=O) groups is 1. The molecule has 0 fully saturated rings. The van der Waals surface area contributed by atoms with Crippen LogP contribution in [0, 0.1) is 0 Å². The number of ether oxygens (including phenoxy) is 2. The van der Waals surface area contributed by atoms with Crippen LogP contribution in [0.3, 0.4) is 0 Å². The van der Waals surface area contributed by atoms with Gasteiger partial charge in [-0.25, -0.2) is 0 Å². The quantitative estimate of drug-likeness (QED) is 0.800. The standard InChI is InChI=1S/C15H17NO4/c1-10(2)20-12-4-5-13-11(8-12)6-7-16(15(13)18)9-14(17)19-3/h4-8,10H,9H2,1-3H3. The summed E-state index contributed by atoms with van der Waals surface area (Å²) in [5.74, 6) is 0.267. The Bertz CT molecular complexity index is 688. The van der Waals surface area contributed by atoms with Crippen LogP contribution in [-0.2, 0) is 16.1 Å². The van der Waals surface area contributed by atoms with Gasteiger partial charge in [0.1, 0.15) is 12.3 Å². The van der Waals surface area contributed by atoms with Crippen molar-refractivity contribution in [2.24, 2.45) is 0 Å². The number of esters is 1. The molecule has 0 aliphatic heterocycles. The second-order valence-corrected chi connectivity index (χ2v) is 4.74. The highest BCUT2D eigenvalue weighted by Gasteiger charge is 2.08. The van der Waals surface area contributed by atoms with Gasteiger partial charge in [-0.05, 0) is 43.5 Å². The van der Waals surface area contributed by atoms with E-state index in [0.29, 0.717) is 5.39 Å². The van der Waals surface area contributed by atoms with Crippen molar-refractivity contribution in [2.45, 2.75) is 26.5 Å². The number of methoxy groups -OCH3 is 1. The Morgan fingerprint density at radius 3 is 2.70 bits per heavy atom. The topological polar surface area (TPSA) is 57.5 Å². The summed E-state index contributed by atoms with van der Waals surface area (Å²) in [7, 11) is 1.30. The molecule has 1 heterocycles. The van der Waals surface area contributed by atoms with E-state index < -0.39 is 5.97 Å². The van der Waals surface area contributed by atoms with E-state index in [-0.39, 0.29) is 18.2 Å².